The number of aldehydes is 1. The molecule has 0 fully saturated rings. The maximum absolute atomic E-state index is 11.5. The second kappa shape index (κ2) is 14.6. The lowest BCUT2D eigenvalue weighted by atomic mass is 10.1. The van der Waals surface area contributed by atoms with Gasteiger partial charge >= 0.3 is 0 Å². The summed E-state index contributed by atoms with van der Waals surface area (Å²) in [6.45, 7) is 6.03. The van der Waals surface area contributed by atoms with E-state index in [1.807, 2.05) is 19.9 Å². The molecule has 1 N–H and O–H groups in total. The van der Waals surface area contributed by atoms with Crippen LogP contribution in [0.2, 0.25) is 0 Å². The second-order valence-electron chi connectivity index (χ2n) is 6.09. The highest BCUT2D eigenvalue weighted by molar-refractivity contribution is 5.93. The molecule has 0 aliphatic heterocycles. The summed E-state index contributed by atoms with van der Waals surface area (Å²) in [4.78, 5) is 22.5. The number of carbonyl (C=O) groups is 2. The SMILES string of the molecule is CCCCCCCCC/C=C\C/C(C=O)=C/C(=O)NC(C)C. The van der Waals surface area contributed by atoms with Gasteiger partial charge in [0.15, 0.2) is 0 Å². The minimum Gasteiger partial charge on any atom is -0.350 e. The van der Waals surface area contributed by atoms with Crippen LogP contribution in [-0.2, 0) is 9.59 Å². The fraction of sp³-hybridized carbons (Fsp3) is 0.684. The Morgan fingerprint density at radius 2 is 1.64 bits per heavy atom. The third-order valence-electron chi connectivity index (χ3n) is 3.39. The summed E-state index contributed by atoms with van der Waals surface area (Å²) in [5.41, 5.74) is 0.522. The van der Waals surface area contributed by atoms with E-state index >= 15 is 0 Å². The van der Waals surface area contributed by atoms with Gasteiger partial charge in [0.05, 0.1) is 0 Å². The number of allylic oxidation sites excluding steroid dienone is 3. The number of unbranched alkanes of at least 4 members (excludes halogenated alkanes) is 7. The van der Waals surface area contributed by atoms with E-state index in [-0.39, 0.29) is 11.9 Å². The van der Waals surface area contributed by atoms with E-state index < -0.39 is 0 Å². The van der Waals surface area contributed by atoms with Crippen molar-refractivity contribution >= 4 is 12.2 Å². The molecule has 0 aliphatic carbocycles. The van der Waals surface area contributed by atoms with Gasteiger partial charge in [0, 0.05) is 17.7 Å². The van der Waals surface area contributed by atoms with Crippen LogP contribution in [0.15, 0.2) is 23.8 Å². The number of hydrogen-bond acceptors (Lipinski definition) is 2. The molecule has 0 heterocycles. The summed E-state index contributed by atoms with van der Waals surface area (Å²) in [7, 11) is 0. The highest BCUT2D eigenvalue weighted by Gasteiger charge is 2.01. The Morgan fingerprint density at radius 1 is 1.00 bits per heavy atom. The molecule has 0 radical (unpaired) electrons. The number of rotatable bonds is 13. The van der Waals surface area contributed by atoms with E-state index in [0.717, 1.165) is 12.7 Å². The third-order valence-corrected chi connectivity index (χ3v) is 3.39. The van der Waals surface area contributed by atoms with E-state index in [1.54, 1.807) is 0 Å². The minimum atomic E-state index is -0.197. The minimum absolute atomic E-state index is 0.0875. The lowest BCUT2D eigenvalue weighted by molar-refractivity contribution is -0.117. The fourth-order valence-corrected chi connectivity index (χ4v) is 2.19. The van der Waals surface area contributed by atoms with Gasteiger partial charge < -0.3 is 5.32 Å². The molecule has 0 atom stereocenters. The van der Waals surface area contributed by atoms with E-state index in [0.29, 0.717) is 12.0 Å². The molecule has 0 unspecified atom stereocenters. The fourth-order valence-electron chi connectivity index (χ4n) is 2.19. The predicted molar refractivity (Wildman–Crippen MR) is 93.8 cm³/mol. The van der Waals surface area contributed by atoms with E-state index in [2.05, 4.69) is 18.3 Å². The number of nitrogens with one attached hydrogen (secondary N) is 1. The number of amides is 1. The number of carbonyl (C=O) groups excluding carboxylic acids is 2. The van der Waals surface area contributed by atoms with Gasteiger partial charge in [0.25, 0.3) is 0 Å². The lowest BCUT2D eigenvalue weighted by Gasteiger charge is -2.05. The van der Waals surface area contributed by atoms with Gasteiger partial charge in [-0.05, 0) is 33.1 Å². The van der Waals surface area contributed by atoms with Gasteiger partial charge in [-0.1, -0.05) is 57.6 Å². The molecule has 3 nitrogen and oxygen atoms in total. The average molecular weight is 307 g/mol. The van der Waals surface area contributed by atoms with E-state index in [1.165, 1.54) is 51.0 Å². The quantitative estimate of drug-likeness (QED) is 0.231. The summed E-state index contributed by atoms with van der Waals surface area (Å²) < 4.78 is 0. The van der Waals surface area contributed by atoms with Crippen molar-refractivity contribution in [3.63, 3.8) is 0 Å². The first-order valence-corrected chi connectivity index (χ1v) is 8.71. The van der Waals surface area contributed by atoms with Gasteiger partial charge in [-0.3, -0.25) is 9.59 Å². The predicted octanol–water partition coefficient (Wildman–Crippen LogP) is 4.72. The molecule has 0 saturated heterocycles. The average Bonchev–Trinajstić information content (AvgIpc) is 2.47. The van der Waals surface area contributed by atoms with Crippen LogP contribution in [0.25, 0.3) is 0 Å². The summed E-state index contributed by atoms with van der Waals surface area (Å²) >= 11 is 0. The zero-order valence-electron chi connectivity index (χ0n) is 14.6. The molecular weight excluding hydrogens is 274 g/mol. The maximum atomic E-state index is 11.5. The van der Waals surface area contributed by atoms with Crippen molar-refractivity contribution in [3.8, 4) is 0 Å². The molecule has 0 rings (SSSR count). The summed E-state index contributed by atoms with van der Waals surface area (Å²) in [5.74, 6) is -0.197. The summed E-state index contributed by atoms with van der Waals surface area (Å²) in [5, 5.41) is 2.75. The molecule has 3 heteroatoms. The standard InChI is InChI=1S/C19H33NO2/c1-4-5-6-7-8-9-10-11-12-13-14-18(16-21)15-19(22)20-17(2)3/h12-13,15-17H,4-11,14H2,1-3H3,(H,20,22)/b13-12-,18-15-. The molecule has 0 aromatic rings. The molecule has 126 valence electrons. The first-order valence-electron chi connectivity index (χ1n) is 8.71. The van der Waals surface area contributed by atoms with Crippen LogP contribution < -0.4 is 5.32 Å². The van der Waals surface area contributed by atoms with Crippen molar-refractivity contribution in [2.24, 2.45) is 0 Å². The smallest absolute Gasteiger partial charge is 0.244 e. The van der Waals surface area contributed by atoms with Gasteiger partial charge in [-0.2, -0.15) is 0 Å². The Bertz CT molecular complexity index is 356. The number of hydrogen-bond donors (Lipinski definition) is 1. The molecule has 0 aromatic carbocycles. The maximum Gasteiger partial charge on any atom is 0.244 e. The van der Waals surface area contributed by atoms with Crippen molar-refractivity contribution < 1.29 is 9.59 Å². The van der Waals surface area contributed by atoms with Crippen LogP contribution in [0.1, 0.15) is 78.6 Å². The molecule has 0 aliphatic rings. The van der Waals surface area contributed by atoms with Gasteiger partial charge in [0.1, 0.15) is 6.29 Å². The summed E-state index contributed by atoms with van der Waals surface area (Å²) in [6.07, 6.45) is 17.0. The van der Waals surface area contributed by atoms with Crippen LogP contribution in [0.3, 0.4) is 0 Å². The Morgan fingerprint density at radius 3 is 2.23 bits per heavy atom. The van der Waals surface area contributed by atoms with Crippen molar-refractivity contribution in [2.45, 2.75) is 84.6 Å². The van der Waals surface area contributed by atoms with E-state index in [4.69, 9.17) is 0 Å². The van der Waals surface area contributed by atoms with E-state index in [9.17, 15) is 9.59 Å². The molecule has 0 bridgehead atoms. The molecular formula is C19H33NO2. The monoisotopic (exact) mass is 307 g/mol. The van der Waals surface area contributed by atoms with Crippen molar-refractivity contribution in [2.75, 3.05) is 0 Å². The van der Waals surface area contributed by atoms with Gasteiger partial charge in [-0.15, -0.1) is 0 Å². The Hall–Kier alpha value is -1.38. The second-order valence-corrected chi connectivity index (χ2v) is 6.09. The van der Waals surface area contributed by atoms with Crippen molar-refractivity contribution in [1.82, 2.24) is 5.32 Å². The lowest BCUT2D eigenvalue weighted by Crippen LogP contribution is -2.28. The molecule has 0 spiro atoms. The Labute approximate surface area is 136 Å². The molecule has 22 heavy (non-hydrogen) atoms. The highest BCUT2D eigenvalue weighted by Crippen LogP contribution is 2.09. The highest BCUT2D eigenvalue weighted by atomic mass is 16.1. The largest absolute Gasteiger partial charge is 0.350 e. The molecule has 0 aromatic heterocycles. The Balaban J connectivity index is 3.78. The first kappa shape index (κ1) is 20.6. The van der Waals surface area contributed by atoms with Crippen LogP contribution >= 0.6 is 0 Å². The molecule has 0 saturated carbocycles. The summed E-state index contributed by atoms with van der Waals surface area (Å²) in [6, 6.07) is 0.0875. The van der Waals surface area contributed by atoms with Crippen LogP contribution in [0.5, 0.6) is 0 Å². The topological polar surface area (TPSA) is 46.2 Å². The van der Waals surface area contributed by atoms with Gasteiger partial charge in [-0.25, -0.2) is 0 Å². The first-order chi connectivity index (χ1) is 10.6. The molecule has 1 amide bonds. The van der Waals surface area contributed by atoms with Gasteiger partial charge in [0.2, 0.25) is 5.91 Å². The van der Waals surface area contributed by atoms with Crippen LogP contribution in [0, 0.1) is 0 Å². The normalized spacial score (nSPS) is 12.1. The third kappa shape index (κ3) is 13.6. The zero-order chi connectivity index (χ0) is 16.6. The van der Waals surface area contributed by atoms with Crippen molar-refractivity contribution in [1.29, 1.82) is 0 Å². The van der Waals surface area contributed by atoms with Crippen molar-refractivity contribution in [3.05, 3.63) is 23.8 Å². The van der Waals surface area contributed by atoms with Crippen LogP contribution in [-0.4, -0.2) is 18.2 Å². The van der Waals surface area contributed by atoms with Crippen LogP contribution in [0.4, 0.5) is 0 Å². The zero-order valence-corrected chi connectivity index (χ0v) is 14.6. The Kier molecular flexibility index (Phi) is 13.6.